The summed E-state index contributed by atoms with van der Waals surface area (Å²) in [5.41, 5.74) is 0. The zero-order valence-corrected chi connectivity index (χ0v) is 5.68. The maximum atomic E-state index is 9.97. The fraction of sp³-hybridized carbons (Fsp3) is 0.714. The molecule has 0 aromatic carbocycles. The maximum Gasteiger partial charge on any atom is 0.201 e. The first kappa shape index (κ1) is 8.34. The van der Waals surface area contributed by atoms with Gasteiger partial charge in [0.2, 0.25) is 6.29 Å². The van der Waals surface area contributed by atoms with Crippen LogP contribution in [0, 0.1) is 11.8 Å². The van der Waals surface area contributed by atoms with Gasteiger partial charge in [0.1, 0.15) is 0 Å². The van der Waals surface area contributed by atoms with E-state index < -0.39 is 0 Å². The van der Waals surface area contributed by atoms with Gasteiger partial charge in [0, 0.05) is 12.3 Å². The van der Waals surface area contributed by atoms with E-state index in [4.69, 9.17) is 0 Å². The summed E-state index contributed by atoms with van der Waals surface area (Å²) in [6, 6.07) is 0. The van der Waals surface area contributed by atoms with Crippen LogP contribution in [0.1, 0.15) is 20.3 Å². The Kier molecular flexibility index (Phi) is 3.93. The van der Waals surface area contributed by atoms with E-state index in [2.05, 4.69) is 0 Å². The molecule has 0 bridgehead atoms. The van der Waals surface area contributed by atoms with Crippen LogP contribution in [0.3, 0.4) is 0 Å². The Morgan fingerprint density at radius 3 is 2.22 bits per heavy atom. The van der Waals surface area contributed by atoms with E-state index in [1.54, 1.807) is 13.2 Å². The molecule has 2 nitrogen and oxygen atoms in total. The minimum absolute atomic E-state index is 0.0833. The monoisotopic (exact) mass is 126 g/mol. The quantitative estimate of drug-likeness (QED) is 0.560. The van der Waals surface area contributed by atoms with Crippen molar-refractivity contribution in [1.82, 2.24) is 0 Å². The fourth-order valence-corrected chi connectivity index (χ4v) is 0.424. The van der Waals surface area contributed by atoms with Gasteiger partial charge in [-0.05, 0) is 5.92 Å². The Hall–Kier alpha value is -0.660. The van der Waals surface area contributed by atoms with E-state index >= 15 is 0 Å². The summed E-state index contributed by atoms with van der Waals surface area (Å²) in [6.45, 7) is 3.58. The van der Waals surface area contributed by atoms with Crippen molar-refractivity contribution in [3.63, 3.8) is 0 Å². The first-order valence-electron chi connectivity index (χ1n) is 2.95. The zero-order chi connectivity index (χ0) is 7.28. The molecule has 2 heteroatoms. The van der Waals surface area contributed by atoms with Crippen molar-refractivity contribution < 1.29 is 9.59 Å². The normalized spacial score (nSPS) is 16.2. The molecule has 0 aromatic rings. The van der Waals surface area contributed by atoms with Crippen LogP contribution in [-0.4, -0.2) is 12.6 Å². The van der Waals surface area contributed by atoms with Crippen LogP contribution < -0.4 is 0 Å². The van der Waals surface area contributed by atoms with Crippen LogP contribution in [0.2, 0.25) is 0 Å². The van der Waals surface area contributed by atoms with Crippen LogP contribution in [0.5, 0.6) is 0 Å². The number of hydrogen-bond acceptors (Lipinski definition) is 2. The molecule has 0 spiro atoms. The van der Waals surface area contributed by atoms with Crippen molar-refractivity contribution in [2.45, 2.75) is 20.3 Å². The van der Waals surface area contributed by atoms with Gasteiger partial charge in [-0.25, -0.2) is 0 Å². The topological polar surface area (TPSA) is 34.1 Å². The van der Waals surface area contributed by atoms with Crippen LogP contribution in [0.15, 0.2) is 0 Å². The molecule has 0 N–H and O–H groups in total. The Morgan fingerprint density at radius 2 is 1.89 bits per heavy atom. The second-order valence-electron chi connectivity index (χ2n) is 2.23. The summed E-state index contributed by atoms with van der Waals surface area (Å²) in [7, 11) is 0. The molecule has 0 fully saturated rings. The Balaban J connectivity index is 3.56. The van der Waals surface area contributed by atoms with E-state index in [0.29, 0.717) is 6.42 Å². The molecule has 2 atom stereocenters. The standard InChI is InChI=1S/C7H10O2/c1-6(3-4-8)7(2)5-9/h6-7H,3H2,1-2H3. The summed E-state index contributed by atoms with van der Waals surface area (Å²) in [5, 5.41) is 0. The van der Waals surface area contributed by atoms with Crippen molar-refractivity contribution in [2.24, 2.45) is 11.8 Å². The van der Waals surface area contributed by atoms with Crippen LogP contribution in [0.25, 0.3) is 0 Å². The summed E-state index contributed by atoms with van der Waals surface area (Å²) >= 11 is 0. The second-order valence-corrected chi connectivity index (χ2v) is 2.23. The Morgan fingerprint density at radius 1 is 1.33 bits per heavy atom. The van der Waals surface area contributed by atoms with Crippen molar-refractivity contribution in [3.8, 4) is 0 Å². The molecule has 0 aromatic heterocycles. The number of rotatable bonds is 4. The fourth-order valence-electron chi connectivity index (χ4n) is 0.424. The molecule has 0 aliphatic heterocycles. The first-order chi connectivity index (χ1) is 4.22. The van der Waals surface area contributed by atoms with Gasteiger partial charge in [0.15, 0.2) is 6.29 Å². The van der Waals surface area contributed by atoms with E-state index in [0.717, 1.165) is 0 Å². The molecular weight excluding hydrogens is 116 g/mol. The maximum absolute atomic E-state index is 9.97. The summed E-state index contributed by atoms with van der Waals surface area (Å²) in [6.07, 6.45) is 3.90. The zero-order valence-electron chi connectivity index (χ0n) is 5.68. The van der Waals surface area contributed by atoms with Crippen molar-refractivity contribution >= 4 is 12.6 Å². The van der Waals surface area contributed by atoms with E-state index in [1.165, 1.54) is 0 Å². The van der Waals surface area contributed by atoms with Crippen LogP contribution in [-0.2, 0) is 9.59 Å². The third-order valence-corrected chi connectivity index (χ3v) is 1.44. The molecule has 2 radical (unpaired) electrons. The molecule has 0 aliphatic carbocycles. The summed E-state index contributed by atoms with van der Waals surface area (Å²) < 4.78 is 0. The highest BCUT2D eigenvalue weighted by Gasteiger charge is 2.10. The predicted molar refractivity (Wildman–Crippen MR) is 34.3 cm³/mol. The molecule has 2 unspecified atom stereocenters. The number of hydrogen-bond donors (Lipinski definition) is 0. The van der Waals surface area contributed by atoms with Gasteiger partial charge in [-0.3, -0.25) is 9.59 Å². The minimum atomic E-state index is -0.147. The van der Waals surface area contributed by atoms with Crippen molar-refractivity contribution in [1.29, 1.82) is 0 Å². The van der Waals surface area contributed by atoms with Crippen LogP contribution >= 0.6 is 0 Å². The minimum Gasteiger partial charge on any atom is -0.291 e. The molecule has 0 saturated carbocycles. The molecule has 0 aliphatic rings. The lowest BCUT2D eigenvalue weighted by Gasteiger charge is -2.07. The highest BCUT2D eigenvalue weighted by molar-refractivity contribution is 5.57. The van der Waals surface area contributed by atoms with Crippen LogP contribution in [0.4, 0.5) is 0 Å². The Bertz CT molecular complexity index is 99.1. The summed E-state index contributed by atoms with van der Waals surface area (Å²) in [4.78, 5) is 19.7. The highest BCUT2D eigenvalue weighted by Crippen LogP contribution is 2.09. The highest BCUT2D eigenvalue weighted by atomic mass is 16.1. The van der Waals surface area contributed by atoms with Crippen molar-refractivity contribution in [2.75, 3.05) is 0 Å². The Labute approximate surface area is 55.3 Å². The molecule has 0 saturated heterocycles. The summed E-state index contributed by atoms with van der Waals surface area (Å²) in [5.74, 6) is -0.0635. The largest absolute Gasteiger partial charge is 0.291 e. The second kappa shape index (κ2) is 4.24. The van der Waals surface area contributed by atoms with Gasteiger partial charge in [-0.1, -0.05) is 13.8 Å². The molecule has 9 heavy (non-hydrogen) atoms. The third kappa shape index (κ3) is 3.01. The van der Waals surface area contributed by atoms with Gasteiger partial charge in [0.25, 0.3) is 0 Å². The average molecular weight is 126 g/mol. The van der Waals surface area contributed by atoms with Gasteiger partial charge >= 0.3 is 0 Å². The third-order valence-electron chi connectivity index (χ3n) is 1.44. The molecule has 0 rings (SSSR count). The predicted octanol–water partition coefficient (Wildman–Crippen LogP) is 0.868. The number of carbonyl (C=O) groups excluding carboxylic acids is 2. The van der Waals surface area contributed by atoms with E-state index in [-0.39, 0.29) is 11.8 Å². The van der Waals surface area contributed by atoms with Gasteiger partial charge < -0.3 is 0 Å². The average Bonchev–Trinajstić information content (AvgIpc) is 1.87. The molecule has 0 heterocycles. The van der Waals surface area contributed by atoms with Gasteiger partial charge in [-0.15, -0.1) is 0 Å². The SMILES string of the molecule is CC([C]=O)C(C)C[C]=O. The molecule has 50 valence electrons. The van der Waals surface area contributed by atoms with Crippen molar-refractivity contribution in [3.05, 3.63) is 0 Å². The molecular formula is C7H10O2. The van der Waals surface area contributed by atoms with E-state index in [1.807, 2.05) is 13.2 Å². The lowest BCUT2D eigenvalue weighted by atomic mass is 9.95. The van der Waals surface area contributed by atoms with Gasteiger partial charge in [-0.2, -0.15) is 0 Å². The lowest BCUT2D eigenvalue weighted by Crippen LogP contribution is -2.08. The first-order valence-corrected chi connectivity index (χ1v) is 2.95. The lowest BCUT2D eigenvalue weighted by molar-refractivity contribution is 0.444. The smallest absolute Gasteiger partial charge is 0.201 e. The van der Waals surface area contributed by atoms with Gasteiger partial charge in [0.05, 0.1) is 0 Å². The van der Waals surface area contributed by atoms with E-state index in [9.17, 15) is 9.59 Å². The molecule has 0 amide bonds.